The Kier molecular flexibility index (Phi) is 3.11. The van der Waals surface area contributed by atoms with Gasteiger partial charge in [-0.25, -0.2) is 0 Å². The van der Waals surface area contributed by atoms with E-state index in [-0.39, 0.29) is 0 Å². The fraction of sp³-hybridized carbons (Fsp3) is 0.545. The van der Waals surface area contributed by atoms with Crippen molar-refractivity contribution in [2.75, 3.05) is 26.3 Å². The van der Waals surface area contributed by atoms with Gasteiger partial charge in [0.15, 0.2) is 0 Å². The Morgan fingerprint density at radius 3 is 3.00 bits per heavy atom. The molecule has 0 saturated carbocycles. The predicted octanol–water partition coefficient (Wildman–Crippen LogP) is 1.02. The summed E-state index contributed by atoms with van der Waals surface area (Å²) in [5, 5.41) is 0. The molecule has 3 heteroatoms. The number of nitrogens with zero attached hydrogens (tertiary/aromatic N) is 2. The van der Waals surface area contributed by atoms with E-state index in [4.69, 9.17) is 4.74 Å². The van der Waals surface area contributed by atoms with Crippen LogP contribution in [-0.2, 0) is 11.3 Å². The molecular formula is C11H15N2O. The van der Waals surface area contributed by atoms with Gasteiger partial charge in [-0.1, -0.05) is 0 Å². The zero-order valence-corrected chi connectivity index (χ0v) is 8.49. The zero-order chi connectivity index (χ0) is 9.80. The van der Waals surface area contributed by atoms with Crippen molar-refractivity contribution >= 4 is 0 Å². The molecule has 0 bridgehead atoms. The standard InChI is InChI=1S/C11H15N2O/c1-10-8-11(2-3-12-10)9-13-4-6-14-7-5-13/h2,8H,4-7,9H2,1H3. The lowest BCUT2D eigenvalue weighted by atomic mass is 10.2. The minimum absolute atomic E-state index is 0.855. The first-order valence-corrected chi connectivity index (χ1v) is 4.98. The maximum atomic E-state index is 5.30. The van der Waals surface area contributed by atoms with E-state index in [1.54, 1.807) is 0 Å². The molecule has 1 radical (unpaired) electrons. The van der Waals surface area contributed by atoms with Crippen molar-refractivity contribution < 1.29 is 4.74 Å². The van der Waals surface area contributed by atoms with E-state index in [0.717, 1.165) is 38.5 Å². The number of pyridine rings is 1. The summed E-state index contributed by atoms with van der Waals surface area (Å²) in [7, 11) is 0. The van der Waals surface area contributed by atoms with Gasteiger partial charge in [-0.15, -0.1) is 0 Å². The summed E-state index contributed by atoms with van der Waals surface area (Å²) in [5.74, 6) is 0. The van der Waals surface area contributed by atoms with E-state index in [9.17, 15) is 0 Å². The average Bonchev–Trinajstić information content (AvgIpc) is 2.19. The van der Waals surface area contributed by atoms with Crippen LogP contribution in [0.4, 0.5) is 0 Å². The van der Waals surface area contributed by atoms with Crippen molar-refractivity contribution in [3.63, 3.8) is 0 Å². The maximum absolute atomic E-state index is 5.30. The lowest BCUT2D eigenvalue weighted by molar-refractivity contribution is 0.0342. The highest BCUT2D eigenvalue weighted by atomic mass is 16.5. The number of aryl methyl sites for hydroxylation is 1. The molecular weight excluding hydrogens is 176 g/mol. The minimum atomic E-state index is 0.855. The van der Waals surface area contributed by atoms with Gasteiger partial charge in [0.05, 0.1) is 19.4 Å². The van der Waals surface area contributed by atoms with Gasteiger partial charge in [0.25, 0.3) is 0 Å². The molecule has 0 aromatic carbocycles. The monoisotopic (exact) mass is 191 g/mol. The first-order valence-electron chi connectivity index (χ1n) is 4.98. The summed E-state index contributed by atoms with van der Waals surface area (Å²) in [4.78, 5) is 6.46. The second-order valence-electron chi connectivity index (χ2n) is 3.63. The van der Waals surface area contributed by atoms with E-state index >= 15 is 0 Å². The second-order valence-corrected chi connectivity index (χ2v) is 3.63. The minimum Gasteiger partial charge on any atom is -0.379 e. The van der Waals surface area contributed by atoms with Crippen molar-refractivity contribution in [3.05, 3.63) is 29.6 Å². The van der Waals surface area contributed by atoms with Crippen LogP contribution in [0.1, 0.15) is 11.3 Å². The van der Waals surface area contributed by atoms with Crippen molar-refractivity contribution in [2.45, 2.75) is 13.5 Å². The average molecular weight is 191 g/mol. The van der Waals surface area contributed by atoms with Crippen molar-refractivity contribution in [1.29, 1.82) is 0 Å². The summed E-state index contributed by atoms with van der Waals surface area (Å²) in [6.07, 6.45) is 2.91. The predicted molar refractivity (Wildman–Crippen MR) is 53.9 cm³/mol. The fourth-order valence-electron chi connectivity index (χ4n) is 1.67. The number of ether oxygens (including phenoxy) is 1. The molecule has 14 heavy (non-hydrogen) atoms. The molecule has 2 heterocycles. The summed E-state index contributed by atoms with van der Waals surface area (Å²) in [6.45, 7) is 6.76. The smallest absolute Gasteiger partial charge is 0.0892 e. The van der Waals surface area contributed by atoms with E-state index in [0.29, 0.717) is 0 Å². The Hall–Kier alpha value is -0.930. The second kappa shape index (κ2) is 4.53. The van der Waals surface area contributed by atoms with Gasteiger partial charge in [-0.3, -0.25) is 9.88 Å². The molecule has 1 saturated heterocycles. The molecule has 0 unspecified atom stereocenters. The number of hydrogen-bond acceptors (Lipinski definition) is 3. The SMILES string of the molecule is Cc1cc(CN2CCOCC2)c[c]n1. The lowest BCUT2D eigenvalue weighted by Crippen LogP contribution is -2.35. The van der Waals surface area contributed by atoms with Crippen LogP contribution >= 0.6 is 0 Å². The topological polar surface area (TPSA) is 25.4 Å². The third-order valence-electron chi connectivity index (χ3n) is 2.40. The zero-order valence-electron chi connectivity index (χ0n) is 8.49. The van der Waals surface area contributed by atoms with Gasteiger partial charge in [0.2, 0.25) is 0 Å². The Bertz CT molecular complexity index is 295. The van der Waals surface area contributed by atoms with Crippen molar-refractivity contribution in [2.24, 2.45) is 0 Å². The summed E-state index contributed by atoms with van der Waals surface area (Å²) in [6, 6.07) is 4.08. The van der Waals surface area contributed by atoms with Gasteiger partial charge in [0, 0.05) is 25.3 Å². The molecule has 0 spiro atoms. The van der Waals surface area contributed by atoms with E-state index in [1.807, 2.05) is 13.0 Å². The molecule has 1 aromatic heterocycles. The van der Waals surface area contributed by atoms with Gasteiger partial charge in [0.1, 0.15) is 0 Å². The first kappa shape index (κ1) is 9.62. The molecule has 1 aliphatic heterocycles. The Balaban J connectivity index is 1.95. The van der Waals surface area contributed by atoms with Gasteiger partial charge >= 0.3 is 0 Å². The van der Waals surface area contributed by atoms with E-state index in [2.05, 4.69) is 22.1 Å². The number of aromatic nitrogens is 1. The molecule has 2 rings (SSSR count). The third-order valence-corrected chi connectivity index (χ3v) is 2.40. The third kappa shape index (κ3) is 2.53. The number of rotatable bonds is 2. The molecule has 1 fully saturated rings. The molecule has 3 nitrogen and oxygen atoms in total. The quantitative estimate of drug-likeness (QED) is 0.698. The van der Waals surface area contributed by atoms with Crippen LogP contribution < -0.4 is 0 Å². The summed E-state index contributed by atoms with van der Waals surface area (Å²) in [5.41, 5.74) is 2.33. The highest BCUT2D eigenvalue weighted by Gasteiger charge is 2.10. The van der Waals surface area contributed by atoms with Crippen LogP contribution in [0.25, 0.3) is 0 Å². The van der Waals surface area contributed by atoms with Crippen molar-refractivity contribution in [1.82, 2.24) is 9.88 Å². The summed E-state index contributed by atoms with van der Waals surface area (Å²) < 4.78 is 5.30. The largest absolute Gasteiger partial charge is 0.379 e. The molecule has 0 aliphatic carbocycles. The van der Waals surface area contributed by atoms with E-state index in [1.165, 1.54) is 5.56 Å². The van der Waals surface area contributed by atoms with Crippen LogP contribution in [0.15, 0.2) is 12.1 Å². The van der Waals surface area contributed by atoms with Gasteiger partial charge < -0.3 is 4.74 Å². The van der Waals surface area contributed by atoms with Gasteiger partial charge in [-0.05, 0) is 24.6 Å². The maximum Gasteiger partial charge on any atom is 0.0892 e. The van der Waals surface area contributed by atoms with Crippen LogP contribution in [0, 0.1) is 13.1 Å². The molecule has 0 N–H and O–H groups in total. The van der Waals surface area contributed by atoms with E-state index < -0.39 is 0 Å². The first-order chi connectivity index (χ1) is 6.84. The van der Waals surface area contributed by atoms with Crippen LogP contribution in [0.5, 0.6) is 0 Å². The fourth-order valence-corrected chi connectivity index (χ4v) is 1.67. The highest BCUT2D eigenvalue weighted by Crippen LogP contribution is 2.06. The molecule has 0 atom stereocenters. The van der Waals surface area contributed by atoms with Crippen LogP contribution in [-0.4, -0.2) is 36.2 Å². The van der Waals surface area contributed by atoms with Crippen LogP contribution in [0.3, 0.4) is 0 Å². The number of hydrogen-bond donors (Lipinski definition) is 0. The lowest BCUT2D eigenvalue weighted by Gasteiger charge is -2.26. The highest BCUT2D eigenvalue weighted by molar-refractivity contribution is 5.14. The molecule has 75 valence electrons. The van der Waals surface area contributed by atoms with Crippen molar-refractivity contribution in [3.8, 4) is 0 Å². The number of morpholine rings is 1. The molecule has 1 aliphatic rings. The Morgan fingerprint density at radius 1 is 1.50 bits per heavy atom. The Labute approximate surface area is 84.7 Å². The molecule has 1 aromatic rings. The molecule has 0 amide bonds. The normalized spacial score (nSPS) is 18.4. The summed E-state index contributed by atoms with van der Waals surface area (Å²) >= 11 is 0. The van der Waals surface area contributed by atoms with Gasteiger partial charge in [-0.2, -0.15) is 0 Å². The Morgan fingerprint density at radius 2 is 2.29 bits per heavy atom. The van der Waals surface area contributed by atoms with Crippen LogP contribution in [0.2, 0.25) is 0 Å².